The van der Waals surface area contributed by atoms with E-state index in [9.17, 15) is 0 Å². The minimum Gasteiger partial charge on any atom is -0.508 e. The van der Waals surface area contributed by atoms with Crippen molar-refractivity contribution >= 4 is 23.5 Å². The summed E-state index contributed by atoms with van der Waals surface area (Å²) in [5.74, 6) is 0.238. The van der Waals surface area contributed by atoms with E-state index in [0.717, 1.165) is 5.56 Å². The topological polar surface area (TPSA) is 56.7 Å². The fraction of sp³-hybridized carbons (Fsp3) is 0.273. The Hall–Kier alpha value is -1.62. The molecule has 0 aromatic heterocycles. The van der Waals surface area contributed by atoms with Crippen LogP contribution in [0.25, 0.3) is 0 Å². The van der Waals surface area contributed by atoms with Gasteiger partial charge in [0.2, 0.25) is 0 Å². The van der Waals surface area contributed by atoms with Crippen molar-refractivity contribution in [2.24, 2.45) is 5.10 Å². The minimum absolute atomic E-state index is 0.238. The Bertz CT molecular complexity index is 373. The molecule has 3 N–H and O–H groups in total. The van der Waals surface area contributed by atoms with E-state index >= 15 is 0 Å². The first-order valence-electron chi connectivity index (χ1n) is 4.96. The van der Waals surface area contributed by atoms with Crippen LogP contribution in [0.4, 0.5) is 0 Å². The summed E-state index contributed by atoms with van der Waals surface area (Å²) in [6.07, 6.45) is 1.63. The van der Waals surface area contributed by atoms with Crippen LogP contribution in [0.1, 0.15) is 19.4 Å². The molecule has 1 aromatic rings. The van der Waals surface area contributed by atoms with Gasteiger partial charge in [-0.1, -0.05) is 0 Å². The molecule has 16 heavy (non-hydrogen) atoms. The quantitative estimate of drug-likeness (QED) is 0.424. The summed E-state index contributed by atoms with van der Waals surface area (Å²) in [4.78, 5) is 0. The normalized spacial score (nSPS) is 10.7. The van der Waals surface area contributed by atoms with Crippen LogP contribution in [-0.4, -0.2) is 22.5 Å². The predicted octanol–water partition coefficient (Wildman–Crippen LogP) is 1.60. The number of thiocarbonyl (C=S) groups is 1. The molecular formula is C11H15N3OS. The molecule has 4 nitrogen and oxygen atoms in total. The van der Waals surface area contributed by atoms with Gasteiger partial charge in [0.15, 0.2) is 5.11 Å². The van der Waals surface area contributed by atoms with Gasteiger partial charge < -0.3 is 10.4 Å². The number of hydrogen-bond acceptors (Lipinski definition) is 3. The molecule has 1 aromatic carbocycles. The van der Waals surface area contributed by atoms with Crippen molar-refractivity contribution in [3.05, 3.63) is 29.8 Å². The number of phenols is 1. The Morgan fingerprint density at radius 3 is 2.56 bits per heavy atom. The molecule has 86 valence electrons. The predicted molar refractivity (Wildman–Crippen MR) is 69.7 cm³/mol. The third-order valence-electron chi connectivity index (χ3n) is 1.69. The summed E-state index contributed by atoms with van der Waals surface area (Å²) < 4.78 is 0. The van der Waals surface area contributed by atoms with E-state index in [2.05, 4.69) is 15.8 Å². The summed E-state index contributed by atoms with van der Waals surface area (Å²) >= 11 is 4.99. The number of nitrogens with zero attached hydrogens (tertiary/aromatic N) is 1. The van der Waals surface area contributed by atoms with Gasteiger partial charge in [-0.15, -0.1) is 0 Å². The number of hydrogen-bond donors (Lipinski definition) is 3. The summed E-state index contributed by atoms with van der Waals surface area (Å²) in [6, 6.07) is 7.01. The lowest BCUT2D eigenvalue weighted by molar-refractivity contribution is 0.475. The zero-order valence-corrected chi connectivity index (χ0v) is 10.1. The average Bonchev–Trinajstić information content (AvgIpc) is 2.20. The van der Waals surface area contributed by atoms with Crippen LogP contribution >= 0.6 is 12.2 Å². The maximum Gasteiger partial charge on any atom is 0.187 e. The zero-order chi connectivity index (χ0) is 12.0. The van der Waals surface area contributed by atoms with Crippen LogP contribution in [-0.2, 0) is 0 Å². The first-order valence-corrected chi connectivity index (χ1v) is 5.37. The second-order valence-corrected chi connectivity index (χ2v) is 4.00. The van der Waals surface area contributed by atoms with E-state index in [1.165, 1.54) is 0 Å². The second kappa shape index (κ2) is 6.07. The molecule has 5 heteroatoms. The monoisotopic (exact) mass is 237 g/mol. The summed E-state index contributed by atoms with van der Waals surface area (Å²) in [7, 11) is 0. The summed E-state index contributed by atoms with van der Waals surface area (Å²) in [5, 5.41) is 16.5. The van der Waals surface area contributed by atoms with Crippen molar-refractivity contribution in [1.82, 2.24) is 10.7 Å². The smallest absolute Gasteiger partial charge is 0.187 e. The lowest BCUT2D eigenvalue weighted by Crippen LogP contribution is -2.36. The fourth-order valence-corrected chi connectivity index (χ4v) is 1.31. The molecule has 0 saturated carbocycles. The largest absolute Gasteiger partial charge is 0.508 e. The highest BCUT2D eigenvalue weighted by Crippen LogP contribution is 2.07. The van der Waals surface area contributed by atoms with Crippen molar-refractivity contribution in [2.75, 3.05) is 0 Å². The van der Waals surface area contributed by atoms with E-state index in [1.807, 2.05) is 13.8 Å². The number of aromatic hydroxyl groups is 1. The Morgan fingerprint density at radius 1 is 1.38 bits per heavy atom. The standard InChI is InChI=1S/C11H15N3OS/c1-8(2)13-11(16)14-12-7-9-3-5-10(15)6-4-9/h3-8,15H,1-2H3,(H2,13,14,16). The molecular weight excluding hydrogens is 222 g/mol. The molecule has 1 rings (SSSR count). The first kappa shape index (κ1) is 12.4. The van der Waals surface area contributed by atoms with Crippen LogP contribution in [0.5, 0.6) is 5.75 Å². The van der Waals surface area contributed by atoms with E-state index in [4.69, 9.17) is 17.3 Å². The highest BCUT2D eigenvalue weighted by Gasteiger charge is 1.95. The number of nitrogens with one attached hydrogen (secondary N) is 2. The molecule has 0 amide bonds. The summed E-state index contributed by atoms with van der Waals surface area (Å²) in [5.41, 5.74) is 3.59. The van der Waals surface area contributed by atoms with Gasteiger partial charge in [-0.3, -0.25) is 5.43 Å². The lowest BCUT2D eigenvalue weighted by Gasteiger charge is -2.09. The maximum absolute atomic E-state index is 9.08. The minimum atomic E-state index is 0.238. The molecule has 0 spiro atoms. The zero-order valence-electron chi connectivity index (χ0n) is 9.27. The van der Waals surface area contributed by atoms with Crippen molar-refractivity contribution in [3.63, 3.8) is 0 Å². The SMILES string of the molecule is CC(C)NC(=S)NN=Cc1ccc(O)cc1. The highest BCUT2D eigenvalue weighted by atomic mass is 32.1. The fourth-order valence-electron chi connectivity index (χ4n) is 1.02. The molecule has 0 aliphatic heterocycles. The van der Waals surface area contributed by atoms with Crippen LogP contribution in [0.2, 0.25) is 0 Å². The second-order valence-electron chi connectivity index (χ2n) is 3.59. The average molecular weight is 237 g/mol. The van der Waals surface area contributed by atoms with Gasteiger partial charge in [-0.25, -0.2) is 0 Å². The molecule has 0 unspecified atom stereocenters. The number of hydrazone groups is 1. The number of benzene rings is 1. The molecule has 0 aliphatic rings. The van der Waals surface area contributed by atoms with Crippen molar-refractivity contribution in [3.8, 4) is 5.75 Å². The molecule has 0 atom stereocenters. The third-order valence-corrected chi connectivity index (χ3v) is 1.90. The molecule has 0 saturated heterocycles. The van der Waals surface area contributed by atoms with Gasteiger partial charge in [0.05, 0.1) is 6.21 Å². The van der Waals surface area contributed by atoms with Gasteiger partial charge in [0.1, 0.15) is 5.75 Å². The van der Waals surface area contributed by atoms with E-state index in [1.54, 1.807) is 30.5 Å². The van der Waals surface area contributed by atoms with Crippen molar-refractivity contribution in [1.29, 1.82) is 0 Å². The number of phenolic OH excluding ortho intramolecular Hbond substituents is 1. The maximum atomic E-state index is 9.08. The highest BCUT2D eigenvalue weighted by molar-refractivity contribution is 7.80. The van der Waals surface area contributed by atoms with Crippen LogP contribution in [0.15, 0.2) is 29.4 Å². The van der Waals surface area contributed by atoms with Crippen molar-refractivity contribution < 1.29 is 5.11 Å². The van der Waals surface area contributed by atoms with Gasteiger partial charge in [-0.2, -0.15) is 5.10 Å². The molecule has 0 heterocycles. The molecule has 0 bridgehead atoms. The van der Waals surface area contributed by atoms with Gasteiger partial charge in [0.25, 0.3) is 0 Å². The Balaban J connectivity index is 2.43. The van der Waals surface area contributed by atoms with E-state index in [0.29, 0.717) is 5.11 Å². The lowest BCUT2D eigenvalue weighted by atomic mass is 10.2. The Morgan fingerprint density at radius 2 is 2.00 bits per heavy atom. The van der Waals surface area contributed by atoms with Crippen LogP contribution in [0, 0.1) is 0 Å². The Labute approximate surface area is 100 Å². The van der Waals surface area contributed by atoms with E-state index in [-0.39, 0.29) is 11.8 Å². The van der Waals surface area contributed by atoms with Gasteiger partial charge >= 0.3 is 0 Å². The molecule has 0 aliphatic carbocycles. The van der Waals surface area contributed by atoms with Crippen LogP contribution < -0.4 is 10.7 Å². The van der Waals surface area contributed by atoms with Crippen molar-refractivity contribution in [2.45, 2.75) is 19.9 Å². The third kappa shape index (κ3) is 4.75. The van der Waals surface area contributed by atoms with Gasteiger partial charge in [-0.05, 0) is 55.9 Å². The molecule has 0 fully saturated rings. The first-order chi connectivity index (χ1) is 7.58. The molecule has 0 radical (unpaired) electrons. The van der Waals surface area contributed by atoms with Gasteiger partial charge in [0, 0.05) is 6.04 Å². The Kier molecular flexibility index (Phi) is 4.72. The van der Waals surface area contributed by atoms with Crippen LogP contribution in [0.3, 0.4) is 0 Å². The van der Waals surface area contributed by atoms with E-state index < -0.39 is 0 Å². The number of rotatable bonds is 3. The summed E-state index contributed by atoms with van der Waals surface area (Å²) in [6.45, 7) is 4.00.